The highest BCUT2D eigenvalue weighted by Crippen LogP contribution is 2.47. The Morgan fingerprint density at radius 3 is 2.23 bits per heavy atom. The van der Waals surface area contributed by atoms with Gasteiger partial charge in [-0.3, -0.25) is 28.8 Å². The molecule has 3 N–H and O–H groups in total. The minimum absolute atomic E-state index is 0.0126. The fourth-order valence-corrected chi connectivity index (χ4v) is 7.07. The number of amides is 1. The number of aromatic hydroxyl groups is 1. The highest BCUT2D eigenvalue weighted by Gasteiger charge is 2.50. The van der Waals surface area contributed by atoms with E-state index in [-0.39, 0.29) is 58.3 Å². The number of phenols is 1. The number of nitrogens with one attached hydrogen (secondary N) is 1. The predicted octanol–water partition coefficient (Wildman–Crippen LogP) is 4.62. The fourth-order valence-electron chi connectivity index (χ4n) is 7.07. The Hall–Kier alpha value is -4.72. The van der Waals surface area contributed by atoms with Gasteiger partial charge in [0.25, 0.3) is 11.7 Å². The van der Waals surface area contributed by atoms with Gasteiger partial charge in [0.15, 0.2) is 11.6 Å². The summed E-state index contributed by atoms with van der Waals surface area (Å²) >= 11 is 0. The first-order valence-electron chi connectivity index (χ1n) is 17.1. The Bertz CT molecular complexity index is 1810. The molecule has 2 heterocycles. The first-order chi connectivity index (χ1) is 24.1. The van der Waals surface area contributed by atoms with Crippen molar-refractivity contribution in [2.75, 3.05) is 0 Å². The second-order valence-electron chi connectivity index (χ2n) is 14.4. The van der Waals surface area contributed by atoms with Crippen molar-refractivity contribution in [1.82, 2.24) is 5.32 Å². The highest BCUT2D eigenvalue weighted by molar-refractivity contribution is 6.30. The van der Waals surface area contributed by atoms with Gasteiger partial charge in [-0.05, 0) is 33.8 Å². The number of carbonyl (C=O) groups is 6. The Balaban J connectivity index is 1.50. The number of fused-ring (bicyclic) bond motifs is 3. The van der Waals surface area contributed by atoms with Gasteiger partial charge in [-0.1, -0.05) is 52.0 Å². The number of hydrogen-bond donors (Lipinski definition) is 3. The van der Waals surface area contributed by atoms with Gasteiger partial charge in [-0.15, -0.1) is 0 Å². The molecule has 1 aromatic rings. The van der Waals surface area contributed by atoms with E-state index >= 15 is 0 Å². The summed E-state index contributed by atoms with van der Waals surface area (Å²) in [6, 6.07) is 0. The van der Waals surface area contributed by atoms with E-state index in [2.05, 4.69) is 5.32 Å². The van der Waals surface area contributed by atoms with Crippen LogP contribution in [0.2, 0.25) is 0 Å². The van der Waals surface area contributed by atoms with E-state index in [4.69, 9.17) is 18.9 Å². The molecule has 0 saturated carbocycles. The summed E-state index contributed by atoms with van der Waals surface area (Å²) in [4.78, 5) is 75.6. The van der Waals surface area contributed by atoms with Crippen molar-refractivity contribution in [3.8, 4) is 11.5 Å². The van der Waals surface area contributed by atoms with Gasteiger partial charge in [0.1, 0.15) is 23.9 Å². The lowest BCUT2D eigenvalue weighted by molar-refractivity contribution is -0.336. The molecular weight excluding hydrogens is 674 g/mol. The summed E-state index contributed by atoms with van der Waals surface area (Å²) in [5.41, 5.74) is -1.38. The Kier molecular flexibility index (Phi) is 11.6. The monoisotopic (exact) mass is 721 g/mol. The summed E-state index contributed by atoms with van der Waals surface area (Å²) in [5, 5.41) is 23.6. The molecule has 8 atom stereocenters. The number of Topliss-reactive ketones (excluding diaryl/α,β-unsaturated/α-hetero) is 2. The number of allylic oxidation sites excluding steroid dienone is 5. The molecule has 13 heteroatoms. The normalized spacial score (nSPS) is 26.6. The number of phenolic OH excluding ortho intramolecular Hbond substituents is 1. The van der Waals surface area contributed by atoms with Crippen molar-refractivity contribution in [3.05, 3.63) is 70.0 Å². The third kappa shape index (κ3) is 7.86. The minimum atomic E-state index is -2.28. The molecule has 1 fully saturated rings. The van der Waals surface area contributed by atoms with Crippen LogP contribution in [0.5, 0.6) is 11.5 Å². The van der Waals surface area contributed by atoms with E-state index in [0.717, 1.165) is 13.0 Å². The van der Waals surface area contributed by atoms with Gasteiger partial charge in [0.2, 0.25) is 11.6 Å². The van der Waals surface area contributed by atoms with E-state index < -0.39 is 69.5 Å². The number of esters is 1. The van der Waals surface area contributed by atoms with Crippen LogP contribution in [-0.4, -0.2) is 75.6 Å². The first-order valence-corrected chi connectivity index (χ1v) is 17.1. The second kappa shape index (κ2) is 15.1. The van der Waals surface area contributed by atoms with Crippen LogP contribution in [0.4, 0.5) is 0 Å². The lowest BCUT2D eigenvalue weighted by Crippen LogP contribution is -2.56. The zero-order valence-electron chi connectivity index (χ0n) is 31.1. The standard InChI is InChI=1S/C39H47NO12/c1-18(15-12-16-41)32(49-24(7)42)22(5)34-23(6)33(50-38(8,9)51-34)19(2)13-11-14-20(3)37(47)40-25-17-26(43)27-28(31(25)45)30(44)21(4)35-29(27)36(46)39(10,48)52-35/h11-19,22-23,32-34,44,48H,1-10H3,(H,40,47)/b13-11+,15-12+,20-14-/t18-,19+,22+,23-,32-,33+,34+,39+/m1/s1. The smallest absolute Gasteiger partial charge is 0.302 e. The Morgan fingerprint density at radius 1 is 0.981 bits per heavy atom. The highest BCUT2D eigenvalue weighted by atomic mass is 16.7. The molecular formula is C39H47NO12. The molecule has 0 unspecified atom stereocenters. The van der Waals surface area contributed by atoms with Crippen molar-refractivity contribution in [1.29, 1.82) is 0 Å². The molecule has 0 spiro atoms. The molecule has 3 aliphatic rings. The van der Waals surface area contributed by atoms with Crippen LogP contribution < -0.4 is 10.1 Å². The quantitative estimate of drug-likeness (QED) is 0.125. The van der Waals surface area contributed by atoms with Crippen LogP contribution in [-0.2, 0) is 28.6 Å². The van der Waals surface area contributed by atoms with Gasteiger partial charge in [-0.2, -0.15) is 0 Å². The van der Waals surface area contributed by atoms with Crippen LogP contribution in [0.15, 0.2) is 47.7 Å². The average Bonchev–Trinajstić information content (AvgIpc) is 3.30. The van der Waals surface area contributed by atoms with Crippen molar-refractivity contribution >= 4 is 35.5 Å². The number of rotatable bonds is 11. The summed E-state index contributed by atoms with van der Waals surface area (Å²) in [5.74, 6) is -8.71. The molecule has 13 nitrogen and oxygen atoms in total. The van der Waals surface area contributed by atoms with E-state index in [1.54, 1.807) is 26.0 Å². The summed E-state index contributed by atoms with van der Waals surface area (Å²) in [7, 11) is 0. The average molecular weight is 722 g/mol. The minimum Gasteiger partial charge on any atom is -0.507 e. The summed E-state index contributed by atoms with van der Waals surface area (Å²) < 4.78 is 23.7. The summed E-state index contributed by atoms with van der Waals surface area (Å²) in [6.45, 7) is 16.7. The molecule has 1 aliphatic carbocycles. The van der Waals surface area contributed by atoms with Gasteiger partial charge < -0.3 is 34.5 Å². The van der Waals surface area contributed by atoms with E-state index in [1.165, 1.54) is 32.9 Å². The maximum Gasteiger partial charge on any atom is 0.302 e. The van der Waals surface area contributed by atoms with Crippen LogP contribution >= 0.6 is 0 Å². The molecule has 1 saturated heterocycles. The Labute approximate surface area is 302 Å². The SMILES string of the molecule is CC(=O)O[C@@H]([C@H](C)[C@@H]1OC(C)(C)O[C@@H]([C@@H](C)/C=C/C=C(/C)C(=O)NC2=CC(=O)c3c(c(O)c(C)c4c3C(=O)[C@@](C)(O)O4)C2=O)[C@H]1C)[C@H](C)/C=C/C=O. The number of hydrogen-bond acceptors (Lipinski definition) is 12. The van der Waals surface area contributed by atoms with Crippen molar-refractivity contribution in [2.24, 2.45) is 23.7 Å². The zero-order valence-corrected chi connectivity index (χ0v) is 31.1. The van der Waals surface area contributed by atoms with Crippen LogP contribution in [0.25, 0.3) is 0 Å². The lowest BCUT2D eigenvalue weighted by atomic mass is 9.78. The van der Waals surface area contributed by atoms with Gasteiger partial charge in [0, 0.05) is 54.7 Å². The lowest BCUT2D eigenvalue weighted by Gasteiger charge is -2.49. The molecule has 52 heavy (non-hydrogen) atoms. The van der Waals surface area contributed by atoms with Crippen molar-refractivity contribution < 1.29 is 57.9 Å². The Morgan fingerprint density at radius 2 is 1.62 bits per heavy atom. The third-order valence-electron chi connectivity index (χ3n) is 9.71. The zero-order chi connectivity index (χ0) is 39.0. The maximum atomic E-state index is 13.5. The summed E-state index contributed by atoms with van der Waals surface area (Å²) in [6.07, 6.45) is 8.39. The number of aldehydes is 1. The van der Waals surface area contributed by atoms with Gasteiger partial charge >= 0.3 is 5.97 Å². The number of benzene rings is 1. The molecule has 0 bridgehead atoms. The molecule has 2 aliphatic heterocycles. The topological polar surface area (TPSA) is 192 Å². The first kappa shape index (κ1) is 40.1. The second-order valence-corrected chi connectivity index (χ2v) is 14.4. The molecule has 4 rings (SSSR count). The van der Waals surface area contributed by atoms with Gasteiger partial charge in [0.05, 0.1) is 34.6 Å². The number of ketones is 3. The number of carbonyl (C=O) groups excluding carboxylic acids is 6. The molecule has 1 amide bonds. The van der Waals surface area contributed by atoms with E-state index in [1.807, 2.05) is 33.8 Å². The maximum absolute atomic E-state index is 13.5. The third-order valence-corrected chi connectivity index (χ3v) is 9.71. The largest absolute Gasteiger partial charge is 0.507 e. The van der Waals surface area contributed by atoms with Crippen molar-refractivity contribution in [2.45, 2.75) is 99.1 Å². The van der Waals surface area contributed by atoms with Crippen LogP contribution in [0.1, 0.15) is 99.0 Å². The molecule has 0 aromatic heterocycles. The van der Waals surface area contributed by atoms with Gasteiger partial charge in [-0.25, -0.2) is 0 Å². The van der Waals surface area contributed by atoms with E-state index in [0.29, 0.717) is 6.29 Å². The van der Waals surface area contributed by atoms with Crippen molar-refractivity contribution in [3.63, 3.8) is 0 Å². The van der Waals surface area contributed by atoms with E-state index in [9.17, 15) is 39.0 Å². The number of aliphatic hydroxyl groups is 1. The predicted molar refractivity (Wildman–Crippen MR) is 187 cm³/mol. The molecule has 0 radical (unpaired) electrons. The van der Waals surface area contributed by atoms with Crippen LogP contribution in [0, 0.1) is 30.6 Å². The van der Waals surface area contributed by atoms with Crippen LogP contribution in [0.3, 0.4) is 0 Å². The number of ether oxygens (including phenoxy) is 4. The fraction of sp³-hybridized carbons (Fsp3) is 0.487. The molecule has 280 valence electrons. The molecule has 1 aromatic carbocycles.